The van der Waals surface area contributed by atoms with Crippen molar-refractivity contribution in [2.24, 2.45) is 11.8 Å². The van der Waals surface area contributed by atoms with E-state index in [0.717, 1.165) is 5.56 Å². The number of aromatic nitrogens is 1. The molecular formula is C25H30FNO6. The molecule has 3 atom stereocenters. The molecule has 0 spiro atoms. The van der Waals surface area contributed by atoms with E-state index in [9.17, 15) is 18.8 Å². The smallest absolute Gasteiger partial charge is 0.309 e. The Bertz CT molecular complexity index is 989. The fourth-order valence-electron chi connectivity index (χ4n) is 3.33. The van der Waals surface area contributed by atoms with Crippen LogP contribution in [0.5, 0.6) is 11.5 Å². The number of esters is 2. The molecule has 2 rings (SSSR count). The minimum absolute atomic E-state index is 0.0772. The van der Waals surface area contributed by atoms with Crippen molar-refractivity contribution in [1.82, 2.24) is 4.98 Å². The molecular weight excluding hydrogens is 429 g/mol. The number of ether oxygens (including phenoxy) is 3. The molecule has 0 aliphatic carbocycles. The quantitative estimate of drug-likeness (QED) is 0.374. The highest BCUT2D eigenvalue weighted by Gasteiger charge is 2.32. The van der Waals surface area contributed by atoms with Gasteiger partial charge in [0, 0.05) is 31.5 Å². The first kappa shape index (κ1) is 26.0. The number of Topliss-reactive ketones (excluding diaryl/α,β-unsaturated/α-hetero) is 1. The SMILES string of the molecule is COc1ccnc(C(=O)C[C@H](C(=O)O[C@H](C)[C@H](C)c2ccc(F)cc2)C(C)C)c1OC(C)=O. The monoisotopic (exact) mass is 459 g/mol. The number of hydrogen-bond acceptors (Lipinski definition) is 7. The molecule has 0 N–H and O–H groups in total. The Labute approximate surface area is 193 Å². The average molecular weight is 460 g/mol. The van der Waals surface area contributed by atoms with Crippen molar-refractivity contribution in [2.45, 2.75) is 53.1 Å². The molecule has 1 heterocycles. The van der Waals surface area contributed by atoms with Gasteiger partial charge in [-0.25, -0.2) is 9.37 Å². The predicted molar refractivity (Wildman–Crippen MR) is 120 cm³/mol. The van der Waals surface area contributed by atoms with Crippen LogP contribution in [0.2, 0.25) is 0 Å². The molecule has 0 radical (unpaired) electrons. The molecule has 8 heteroatoms. The lowest BCUT2D eigenvalue weighted by Crippen LogP contribution is -2.30. The van der Waals surface area contributed by atoms with Gasteiger partial charge >= 0.3 is 11.9 Å². The number of rotatable bonds is 10. The second-order valence-corrected chi connectivity index (χ2v) is 8.24. The van der Waals surface area contributed by atoms with Crippen LogP contribution in [-0.4, -0.2) is 35.9 Å². The topological polar surface area (TPSA) is 91.8 Å². The van der Waals surface area contributed by atoms with Crippen molar-refractivity contribution in [2.75, 3.05) is 7.11 Å². The average Bonchev–Trinajstić information content (AvgIpc) is 2.76. The van der Waals surface area contributed by atoms with Crippen molar-refractivity contribution in [3.63, 3.8) is 0 Å². The Hall–Kier alpha value is -3.29. The summed E-state index contributed by atoms with van der Waals surface area (Å²) in [6, 6.07) is 7.50. The van der Waals surface area contributed by atoms with Gasteiger partial charge in [-0.1, -0.05) is 32.9 Å². The van der Waals surface area contributed by atoms with Crippen LogP contribution in [0.4, 0.5) is 4.39 Å². The maximum absolute atomic E-state index is 13.2. The molecule has 0 saturated carbocycles. The summed E-state index contributed by atoms with van der Waals surface area (Å²) in [5.41, 5.74) is 0.746. The number of nitrogens with zero attached hydrogens (tertiary/aromatic N) is 1. The largest absolute Gasteiger partial charge is 0.493 e. The fraction of sp³-hybridized carbons (Fsp3) is 0.440. The fourth-order valence-corrected chi connectivity index (χ4v) is 3.33. The van der Waals surface area contributed by atoms with Crippen LogP contribution in [0.25, 0.3) is 0 Å². The Balaban J connectivity index is 2.18. The minimum atomic E-state index is -0.737. The first-order valence-corrected chi connectivity index (χ1v) is 10.8. The Kier molecular flexibility index (Phi) is 9.08. The van der Waals surface area contributed by atoms with Crippen LogP contribution in [0.1, 0.15) is 63.0 Å². The van der Waals surface area contributed by atoms with Crippen LogP contribution in [0, 0.1) is 17.7 Å². The lowest BCUT2D eigenvalue weighted by atomic mass is 9.89. The number of carbonyl (C=O) groups excluding carboxylic acids is 3. The third-order valence-electron chi connectivity index (χ3n) is 5.51. The van der Waals surface area contributed by atoms with Crippen LogP contribution in [0.15, 0.2) is 36.5 Å². The summed E-state index contributed by atoms with van der Waals surface area (Å²) < 4.78 is 29.2. The highest BCUT2D eigenvalue weighted by molar-refractivity contribution is 6.00. The van der Waals surface area contributed by atoms with E-state index in [1.807, 2.05) is 20.8 Å². The lowest BCUT2D eigenvalue weighted by Gasteiger charge is -2.25. The van der Waals surface area contributed by atoms with Gasteiger partial charge < -0.3 is 14.2 Å². The van der Waals surface area contributed by atoms with Gasteiger partial charge in [0.2, 0.25) is 5.75 Å². The number of halogens is 1. The number of ketones is 1. The highest BCUT2D eigenvalue weighted by atomic mass is 19.1. The summed E-state index contributed by atoms with van der Waals surface area (Å²) in [5.74, 6) is -2.95. The third-order valence-corrected chi connectivity index (χ3v) is 5.51. The van der Waals surface area contributed by atoms with Crippen molar-refractivity contribution in [1.29, 1.82) is 0 Å². The molecule has 0 fully saturated rings. The van der Waals surface area contributed by atoms with E-state index in [2.05, 4.69) is 4.98 Å². The number of carbonyl (C=O) groups is 3. The molecule has 178 valence electrons. The van der Waals surface area contributed by atoms with Crippen LogP contribution < -0.4 is 9.47 Å². The van der Waals surface area contributed by atoms with E-state index in [-0.39, 0.29) is 41.3 Å². The molecule has 7 nitrogen and oxygen atoms in total. The predicted octanol–water partition coefficient (Wildman–Crippen LogP) is 4.74. The number of hydrogen-bond donors (Lipinski definition) is 0. The second kappa shape index (κ2) is 11.5. The van der Waals surface area contributed by atoms with Gasteiger partial charge in [0.15, 0.2) is 17.2 Å². The molecule has 1 aromatic carbocycles. The van der Waals surface area contributed by atoms with Gasteiger partial charge in [0.25, 0.3) is 0 Å². The van der Waals surface area contributed by atoms with Crippen LogP contribution in [-0.2, 0) is 14.3 Å². The van der Waals surface area contributed by atoms with E-state index in [1.54, 1.807) is 19.1 Å². The Morgan fingerprint density at radius 2 is 1.67 bits per heavy atom. The van der Waals surface area contributed by atoms with Crippen LogP contribution >= 0.6 is 0 Å². The zero-order valence-corrected chi connectivity index (χ0v) is 19.8. The standard InChI is InChI=1S/C25H30FNO6/c1-14(2)20(25(30)32-16(4)15(3)18-7-9-19(26)10-8-18)13-21(29)23-24(33-17(5)28)22(31-6)11-12-27-23/h7-12,14-16,20H,13H2,1-6H3/t15-,16+,20-/m0/s1. The van der Waals surface area contributed by atoms with Crippen LogP contribution in [0.3, 0.4) is 0 Å². The summed E-state index contributed by atoms with van der Waals surface area (Å²) in [5, 5.41) is 0. The van der Waals surface area contributed by atoms with E-state index >= 15 is 0 Å². The van der Waals surface area contributed by atoms with Gasteiger partial charge in [-0.05, 0) is 30.5 Å². The molecule has 33 heavy (non-hydrogen) atoms. The van der Waals surface area contributed by atoms with E-state index in [4.69, 9.17) is 14.2 Å². The van der Waals surface area contributed by atoms with Gasteiger partial charge in [-0.15, -0.1) is 0 Å². The first-order valence-electron chi connectivity index (χ1n) is 10.8. The first-order chi connectivity index (χ1) is 15.5. The second-order valence-electron chi connectivity index (χ2n) is 8.24. The maximum Gasteiger partial charge on any atom is 0.309 e. The van der Waals surface area contributed by atoms with Gasteiger partial charge in [-0.2, -0.15) is 0 Å². The molecule has 1 aromatic heterocycles. The number of methoxy groups -OCH3 is 1. The lowest BCUT2D eigenvalue weighted by molar-refractivity contribution is -0.155. The van der Waals surface area contributed by atoms with Crippen molar-refractivity contribution in [3.05, 3.63) is 53.6 Å². The molecule has 0 saturated heterocycles. The molecule has 0 amide bonds. The normalized spacial score (nSPS) is 13.7. The molecule has 0 aliphatic heterocycles. The van der Waals surface area contributed by atoms with Crippen molar-refractivity contribution < 1.29 is 33.0 Å². The summed E-state index contributed by atoms with van der Waals surface area (Å²) in [6.45, 7) is 8.48. The summed E-state index contributed by atoms with van der Waals surface area (Å²) in [6.07, 6.45) is 0.697. The van der Waals surface area contributed by atoms with Gasteiger partial charge in [-0.3, -0.25) is 14.4 Å². The zero-order valence-electron chi connectivity index (χ0n) is 19.8. The third kappa shape index (κ3) is 6.84. The number of benzene rings is 1. The molecule has 0 aliphatic rings. The van der Waals surface area contributed by atoms with E-state index in [1.165, 1.54) is 38.4 Å². The van der Waals surface area contributed by atoms with Gasteiger partial charge in [0.1, 0.15) is 11.9 Å². The van der Waals surface area contributed by atoms with E-state index in [0.29, 0.717) is 0 Å². The Morgan fingerprint density at radius 1 is 1.03 bits per heavy atom. The minimum Gasteiger partial charge on any atom is -0.493 e. The van der Waals surface area contributed by atoms with E-state index < -0.39 is 29.7 Å². The van der Waals surface area contributed by atoms with Crippen molar-refractivity contribution >= 4 is 17.7 Å². The molecule has 0 unspecified atom stereocenters. The maximum atomic E-state index is 13.2. The molecule has 2 aromatic rings. The van der Waals surface area contributed by atoms with Gasteiger partial charge in [0.05, 0.1) is 13.0 Å². The Morgan fingerprint density at radius 3 is 2.21 bits per heavy atom. The zero-order chi connectivity index (χ0) is 24.7. The molecule has 0 bridgehead atoms. The summed E-state index contributed by atoms with van der Waals surface area (Å²) in [7, 11) is 1.38. The highest BCUT2D eigenvalue weighted by Crippen LogP contribution is 2.32. The van der Waals surface area contributed by atoms with Crippen molar-refractivity contribution in [3.8, 4) is 11.5 Å². The number of pyridine rings is 1. The summed E-state index contributed by atoms with van der Waals surface area (Å²) in [4.78, 5) is 41.6. The summed E-state index contributed by atoms with van der Waals surface area (Å²) >= 11 is 0.